The lowest BCUT2D eigenvalue weighted by atomic mass is 9.97. The van der Waals surface area contributed by atoms with E-state index >= 15 is 0 Å². The van der Waals surface area contributed by atoms with Gasteiger partial charge in [-0.3, -0.25) is 0 Å². The summed E-state index contributed by atoms with van der Waals surface area (Å²) in [5, 5.41) is 3.21. The minimum atomic E-state index is -0.414. The van der Waals surface area contributed by atoms with Gasteiger partial charge in [0, 0.05) is 0 Å². The van der Waals surface area contributed by atoms with E-state index in [2.05, 4.69) is 21.2 Å². The van der Waals surface area contributed by atoms with Gasteiger partial charge in [-0.15, -0.1) is 0 Å². The van der Waals surface area contributed by atoms with Crippen LogP contribution in [0.5, 0.6) is 5.75 Å². The zero-order valence-electron chi connectivity index (χ0n) is 11.8. The lowest BCUT2D eigenvalue weighted by Gasteiger charge is -2.22. The lowest BCUT2D eigenvalue weighted by molar-refractivity contribution is 0.397. The van der Waals surface area contributed by atoms with E-state index in [-0.39, 0.29) is 11.6 Å². The molecule has 112 valence electrons. The maximum atomic E-state index is 14.3. The summed E-state index contributed by atoms with van der Waals surface area (Å²) in [4.78, 5) is 0. The maximum Gasteiger partial charge on any atom is 0.137 e. The predicted molar refractivity (Wildman–Crippen MR) is 82.6 cm³/mol. The summed E-state index contributed by atoms with van der Waals surface area (Å²) < 4.78 is 33.3. The molecule has 0 heterocycles. The number of hydrogen-bond acceptors (Lipinski definition) is 2. The van der Waals surface area contributed by atoms with Gasteiger partial charge in [-0.1, -0.05) is 19.1 Å². The molecule has 0 aliphatic rings. The zero-order valence-corrected chi connectivity index (χ0v) is 13.4. The van der Waals surface area contributed by atoms with Crippen LogP contribution < -0.4 is 10.1 Å². The largest absolute Gasteiger partial charge is 0.496 e. The minimum Gasteiger partial charge on any atom is -0.496 e. The molecular weight excluding hydrogens is 340 g/mol. The maximum absolute atomic E-state index is 14.3. The average Bonchev–Trinajstić information content (AvgIpc) is 2.48. The molecule has 2 rings (SSSR count). The number of nitrogens with one attached hydrogen (secondary N) is 1. The van der Waals surface area contributed by atoms with Gasteiger partial charge in [0.25, 0.3) is 0 Å². The second-order valence-electron chi connectivity index (χ2n) is 4.52. The predicted octanol–water partition coefficient (Wildman–Crippen LogP) is 4.43. The molecule has 5 heteroatoms. The van der Waals surface area contributed by atoms with Crippen LogP contribution in [0.2, 0.25) is 0 Å². The number of ether oxygens (including phenoxy) is 1. The molecule has 0 saturated carbocycles. The molecule has 2 aromatic carbocycles. The van der Waals surface area contributed by atoms with Gasteiger partial charge in [-0.25, -0.2) is 8.78 Å². The van der Waals surface area contributed by atoms with E-state index in [0.717, 1.165) is 5.56 Å². The Labute approximate surface area is 131 Å². The number of benzene rings is 2. The first-order valence-corrected chi connectivity index (χ1v) is 7.38. The van der Waals surface area contributed by atoms with Gasteiger partial charge in [0.1, 0.15) is 17.4 Å². The molecule has 1 unspecified atom stereocenters. The van der Waals surface area contributed by atoms with E-state index in [0.29, 0.717) is 22.3 Å². The fourth-order valence-electron chi connectivity index (χ4n) is 2.26. The summed E-state index contributed by atoms with van der Waals surface area (Å²) in [6, 6.07) is 8.93. The van der Waals surface area contributed by atoms with Crippen LogP contribution in [0.25, 0.3) is 0 Å². The minimum absolute atomic E-state index is 0.346. The van der Waals surface area contributed by atoms with Gasteiger partial charge in [0.15, 0.2) is 0 Å². The molecule has 2 nitrogen and oxygen atoms in total. The summed E-state index contributed by atoms with van der Waals surface area (Å²) in [5.74, 6) is -0.253. The van der Waals surface area contributed by atoms with E-state index in [1.165, 1.54) is 19.2 Å². The van der Waals surface area contributed by atoms with E-state index in [1.54, 1.807) is 24.3 Å². The Balaban J connectivity index is 2.55. The Morgan fingerprint density at radius 3 is 2.57 bits per heavy atom. The van der Waals surface area contributed by atoms with Crippen molar-refractivity contribution < 1.29 is 13.5 Å². The van der Waals surface area contributed by atoms with Crippen molar-refractivity contribution in [3.05, 3.63) is 63.6 Å². The number of methoxy groups -OCH3 is 1. The van der Waals surface area contributed by atoms with Crippen LogP contribution in [0, 0.1) is 11.6 Å². The van der Waals surface area contributed by atoms with E-state index < -0.39 is 6.04 Å². The van der Waals surface area contributed by atoms with Gasteiger partial charge >= 0.3 is 0 Å². The Morgan fingerprint density at radius 2 is 1.95 bits per heavy atom. The van der Waals surface area contributed by atoms with Crippen LogP contribution in [-0.2, 0) is 0 Å². The van der Waals surface area contributed by atoms with Gasteiger partial charge in [0.2, 0.25) is 0 Å². The molecule has 1 N–H and O–H groups in total. The Morgan fingerprint density at radius 1 is 1.19 bits per heavy atom. The van der Waals surface area contributed by atoms with Crippen LogP contribution in [-0.4, -0.2) is 13.7 Å². The van der Waals surface area contributed by atoms with Crippen molar-refractivity contribution in [3.8, 4) is 5.75 Å². The summed E-state index contributed by atoms with van der Waals surface area (Å²) >= 11 is 3.16. The van der Waals surface area contributed by atoms with Crippen molar-refractivity contribution in [3.63, 3.8) is 0 Å². The fraction of sp³-hybridized carbons (Fsp3) is 0.250. The van der Waals surface area contributed by atoms with Crippen molar-refractivity contribution in [1.29, 1.82) is 0 Å². The number of halogens is 3. The summed E-state index contributed by atoms with van der Waals surface area (Å²) in [6.07, 6.45) is 0. The summed E-state index contributed by atoms with van der Waals surface area (Å²) in [5.41, 5.74) is 1.17. The molecule has 0 aliphatic heterocycles. The molecule has 0 spiro atoms. The second-order valence-corrected chi connectivity index (χ2v) is 5.37. The number of hydrogen-bond donors (Lipinski definition) is 1. The van der Waals surface area contributed by atoms with Crippen LogP contribution in [0.3, 0.4) is 0 Å². The third kappa shape index (κ3) is 3.41. The molecular formula is C16H16BrF2NO. The monoisotopic (exact) mass is 355 g/mol. The topological polar surface area (TPSA) is 21.3 Å². The van der Waals surface area contributed by atoms with Crippen LogP contribution in [0.4, 0.5) is 8.78 Å². The standard InChI is InChI=1S/C16H16BrF2NO/c1-3-20-16(10-7-8-12(18)11(17)9-10)15-13(19)5-4-6-14(15)21-2/h4-9,16,20H,3H2,1-2H3. The molecule has 0 saturated heterocycles. The van der Waals surface area contributed by atoms with E-state index in [1.807, 2.05) is 6.92 Å². The molecule has 1 atom stereocenters. The van der Waals surface area contributed by atoms with Crippen LogP contribution in [0.15, 0.2) is 40.9 Å². The Kier molecular flexibility index (Phi) is 5.31. The molecule has 0 fully saturated rings. The van der Waals surface area contributed by atoms with Gasteiger partial charge in [-0.05, 0) is 52.3 Å². The molecule has 2 aromatic rings. The van der Waals surface area contributed by atoms with Crippen LogP contribution >= 0.6 is 15.9 Å². The third-order valence-electron chi connectivity index (χ3n) is 3.21. The van der Waals surface area contributed by atoms with Gasteiger partial charge in [-0.2, -0.15) is 0 Å². The fourth-order valence-corrected chi connectivity index (χ4v) is 2.65. The highest BCUT2D eigenvalue weighted by Crippen LogP contribution is 2.33. The SMILES string of the molecule is CCNC(c1ccc(F)c(Br)c1)c1c(F)cccc1OC. The Hall–Kier alpha value is -1.46. The quantitative estimate of drug-likeness (QED) is 0.856. The first kappa shape index (κ1) is 15.9. The highest BCUT2D eigenvalue weighted by molar-refractivity contribution is 9.10. The molecule has 0 radical (unpaired) electrons. The smallest absolute Gasteiger partial charge is 0.137 e. The van der Waals surface area contributed by atoms with Crippen molar-refractivity contribution >= 4 is 15.9 Å². The normalized spacial score (nSPS) is 12.2. The molecule has 0 aromatic heterocycles. The van der Waals surface area contributed by atoms with Crippen LogP contribution in [0.1, 0.15) is 24.1 Å². The Bertz CT molecular complexity index is 634. The highest BCUT2D eigenvalue weighted by Gasteiger charge is 2.22. The average molecular weight is 356 g/mol. The van der Waals surface area contributed by atoms with E-state index in [4.69, 9.17) is 4.74 Å². The van der Waals surface area contributed by atoms with Gasteiger partial charge < -0.3 is 10.1 Å². The van der Waals surface area contributed by atoms with Crippen molar-refractivity contribution in [1.82, 2.24) is 5.32 Å². The highest BCUT2D eigenvalue weighted by atomic mass is 79.9. The summed E-state index contributed by atoms with van der Waals surface area (Å²) in [6.45, 7) is 2.57. The first-order valence-electron chi connectivity index (χ1n) is 6.59. The molecule has 21 heavy (non-hydrogen) atoms. The lowest BCUT2D eigenvalue weighted by Crippen LogP contribution is -2.23. The van der Waals surface area contributed by atoms with E-state index in [9.17, 15) is 8.78 Å². The molecule has 0 amide bonds. The third-order valence-corrected chi connectivity index (χ3v) is 3.81. The summed E-state index contributed by atoms with van der Waals surface area (Å²) in [7, 11) is 1.50. The second kappa shape index (κ2) is 7.00. The van der Waals surface area contributed by atoms with Gasteiger partial charge in [0.05, 0.1) is 23.2 Å². The first-order chi connectivity index (χ1) is 10.1. The zero-order chi connectivity index (χ0) is 15.4. The molecule has 0 bridgehead atoms. The van der Waals surface area contributed by atoms with Crippen molar-refractivity contribution in [2.24, 2.45) is 0 Å². The van der Waals surface area contributed by atoms with Crippen molar-refractivity contribution in [2.45, 2.75) is 13.0 Å². The molecule has 0 aliphatic carbocycles. The number of rotatable bonds is 5. The van der Waals surface area contributed by atoms with Crippen molar-refractivity contribution in [2.75, 3.05) is 13.7 Å².